The fourth-order valence-corrected chi connectivity index (χ4v) is 3.96. The lowest BCUT2D eigenvalue weighted by atomic mass is 10.1. The monoisotopic (exact) mass is 436 g/mol. The molecule has 3 amide bonds. The van der Waals surface area contributed by atoms with Crippen LogP contribution in [0.5, 0.6) is 0 Å². The molecule has 1 heterocycles. The number of benzene rings is 2. The van der Waals surface area contributed by atoms with Gasteiger partial charge in [-0.3, -0.25) is 19.3 Å². The van der Waals surface area contributed by atoms with Gasteiger partial charge in [-0.1, -0.05) is 30.3 Å². The quantitative estimate of drug-likeness (QED) is 0.468. The highest BCUT2D eigenvalue weighted by molar-refractivity contribution is 6.22. The lowest BCUT2D eigenvalue weighted by Gasteiger charge is -2.30. The summed E-state index contributed by atoms with van der Waals surface area (Å²) in [5, 5.41) is 0. The number of rotatable bonds is 8. The first kappa shape index (κ1) is 23.2. The van der Waals surface area contributed by atoms with Gasteiger partial charge in [-0.25, -0.2) is 4.79 Å². The standard InChI is InChI=1S/C25H28N2O5/c1-16(2)27(17(3)4)22(28)15-32-25(31)19-10-11-20-21(14-19)24(30)26(23(20)29)13-12-18-8-6-5-7-9-18/h5-11,14,16-17H,12-13,15H2,1-4H3. The number of imide groups is 1. The van der Waals surface area contributed by atoms with Crippen LogP contribution in [0.4, 0.5) is 0 Å². The van der Waals surface area contributed by atoms with Crippen LogP contribution in [0.15, 0.2) is 48.5 Å². The first-order valence-corrected chi connectivity index (χ1v) is 10.7. The Morgan fingerprint density at radius 1 is 0.906 bits per heavy atom. The highest BCUT2D eigenvalue weighted by atomic mass is 16.5. The van der Waals surface area contributed by atoms with Gasteiger partial charge in [0.25, 0.3) is 17.7 Å². The van der Waals surface area contributed by atoms with E-state index in [2.05, 4.69) is 0 Å². The Morgan fingerprint density at radius 2 is 1.53 bits per heavy atom. The summed E-state index contributed by atoms with van der Waals surface area (Å²) in [6.45, 7) is 7.45. The summed E-state index contributed by atoms with van der Waals surface area (Å²) in [5.41, 5.74) is 1.59. The first-order valence-electron chi connectivity index (χ1n) is 10.7. The third-order valence-corrected chi connectivity index (χ3v) is 5.40. The number of carbonyl (C=O) groups is 4. The molecule has 0 saturated heterocycles. The van der Waals surface area contributed by atoms with E-state index < -0.39 is 11.9 Å². The van der Waals surface area contributed by atoms with Gasteiger partial charge in [0.15, 0.2) is 6.61 Å². The molecule has 0 bridgehead atoms. The van der Waals surface area contributed by atoms with Crippen LogP contribution in [-0.4, -0.2) is 58.7 Å². The normalized spacial score (nSPS) is 13.0. The molecule has 2 aromatic rings. The molecule has 0 fully saturated rings. The van der Waals surface area contributed by atoms with Crippen LogP contribution in [0, 0.1) is 0 Å². The van der Waals surface area contributed by atoms with Crippen molar-refractivity contribution in [1.29, 1.82) is 0 Å². The summed E-state index contributed by atoms with van der Waals surface area (Å²) in [4.78, 5) is 53.2. The van der Waals surface area contributed by atoms with Crippen LogP contribution in [0.1, 0.15) is 64.3 Å². The van der Waals surface area contributed by atoms with Crippen molar-refractivity contribution in [2.75, 3.05) is 13.2 Å². The van der Waals surface area contributed by atoms with Crippen LogP contribution in [0.25, 0.3) is 0 Å². The number of hydrogen-bond acceptors (Lipinski definition) is 5. The summed E-state index contributed by atoms with van der Waals surface area (Å²) in [6, 6.07) is 13.8. The van der Waals surface area contributed by atoms with E-state index in [1.807, 2.05) is 58.0 Å². The van der Waals surface area contributed by atoms with Gasteiger partial charge in [0, 0.05) is 18.6 Å². The van der Waals surface area contributed by atoms with E-state index in [1.54, 1.807) is 4.90 Å². The van der Waals surface area contributed by atoms with Crippen molar-refractivity contribution in [3.05, 3.63) is 70.8 Å². The molecule has 0 aliphatic carbocycles. The van der Waals surface area contributed by atoms with E-state index in [0.717, 1.165) is 5.56 Å². The molecular formula is C25H28N2O5. The molecule has 0 N–H and O–H groups in total. The molecule has 1 aliphatic heterocycles. The Bertz CT molecular complexity index is 1020. The van der Waals surface area contributed by atoms with Crippen molar-refractivity contribution < 1.29 is 23.9 Å². The van der Waals surface area contributed by atoms with Crippen LogP contribution >= 0.6 is 0 Å². The molecule has 7 nitrogen and oxygen atoms in total. The number of amides is 3. The minimum absolute atomic E-state index is 0.0216. The van der Waals surface area contributed by atoms with E-state index in [-0.39, 0.29) is 53.7 Å². The zero-order valence-electron chi connectivity index (χ0n) is 18.8. The van der Waals surface area contributed by atoms with Crippen LogP contribution in [0.2, 0.25) is 0 Å². The molecule has 0 radical (unpaired) electrons. The molecule has 0 spiro atoms. The first-order chi connectivity index (χ1) is 15.2. The summed E-state index contributed by atoms with van der Waals surface area (Å²) in [7, 11) is 0. The Labute approximate surface area is 188 Å². The van der Waals surface area contributed by atoms with Gasteiger partial charge >= 0.3 is 5.97 Å². The summed E-state index contributed by atoms with van der Waals surface area (Å²) < 4.78 is 5.19. The van der Waals surface area contributed by atoms with Gasteiger partial charge in [0.05, 0.1) is 16.7 Å². The average molecular weight is 437 g/mol. The van der Waals surface area contributed by atoms with Gasteiger partial charge in [-0.05, 0) is 57.9 Å². The minimum atomic E-state index is -0.711. The highest BCUT2D eigenvalue weighted by Crippen LogP contribution is 2.25. The second-order valence-corrected chi connectivity index (χ2v) is 8.32. The molecular weight excluding hydrogens is 408 g/mol. The Hall–Kier alpha value is -3.48. The number of esters is 1. The van der Waals surface area contributed by atoms with Crippen molar-refractivity contribution >= 4 is 23.7 Å². The molecule has 0 unspecified atom stereocenters. The van der Waals surface area contributed by atoms with E-state index in [0.29, 0.717) is 6.42 Å². The maximum atomic E-state index is 12.8. The van der Waals surface area contributed by atoms with E-state index in [4.69, 9.17) is 4.74 Å². The third-order valence-electron chi connectivity index (χ3n) is 5.40. The van der Waals surface area contributed by atoms with Gasteiger partial charge < -0.3 is 9.64 Å². The maximum absolute atomic E-state index is 12.8. The van der Waals surface area contributed by atoms with Crippen molar-refractivity contribution in [2.45, 2.75) is 46.2 Å². The molecule has 0 atom stereocenters. The third kappa shape index (κ3) is 4.88. The SMILES string of the molecule is CC(C)N(C(=O)COC(=O)c1ccc2c(c1)C(=O)N(CCc1ccccc1)C2=O)C(C)C. The smallest absolute Gasteiger partial charge is 0.338 e. The zero-order chi connectivity index (χ0) is 23.4. The van der Waals surface area contributed by atoms with Crippen LogP contribution in [-0.2, 0) is 16.0 Å². The zero-order valence-corrected chi connectivity index (χ0v) is 18.8. The van der Waals surface area contributed by atoms with Crippen molar-refractivity contribution in [1.82, 2.24) is 9.80 Å². The predicted octanol–water partition coefficient (Wildman–Crippen LogP) is 3.33. The second-order valence-electron chi connectivity index (χ2n) is 8.32. The molecule has 3 rings (SSSR count). The number of hydrogen-bond donors (Lipinski definition) is 0. The molecule has 168 valence electrons. The van der Waals surface area contributed by atoms with E-state index >= 15 is 0 Å². The topological polar surface area (TPSA) is 84.0 Å². The molecule has 7 heteroatoms. The number of nitrogens with zero attached hydrogens (tertiary/aromatic N) is 2. The molecule has 32 heavy (non-hydrogen) atoms. The molecule has 0 saturated carbocycles. The van der Waals surface area contributed by atoms with Crippen molar-refractivity contribution in [3.8, 4) is 0 Å². The Balaban J connectivity index is 1.67. The lowest BCUT2D eigenvalue weighted by Crippen LogP contribution is -2.44. The summed E-state index contributed by atoms with van der Waals surface area (Å²) in [6.07, 6.45) is 0.547. The number of ether oxygens (including phenoxy) is 1. The molecule has 1 aliphatic rings. The van der Waals surface area contributed by atoms with Crippen molar-refractivity contribution in [2.24, 2.45) is 0 Å². The average Bonchev–Trinajstić information content (AvgIpc) is 3.00. The van der Waals surface area contributed by atoms with Crippen LogP contribution < -0.4 is 0 Å². The van der Waals surface area contributed by atoms with Crippen molar-refractivity contribution in [3.63, 3.8) is 0 Å². The molecule has 2 aromatic carbocycles. The van der Waals surface area contributed by atoms with E-state index in [1.165, 1.54) is 23.1 Å². The van der Waals surface area contributed by atoms with Gasteiger partial charge in [-0.2, -0.15) is 0 Å². The minimum Gasteiger partial charge on any atom is -0.452 e. The predicted molar refractivity (Wildman–Crippen MR) is 119 cm³/mol. The van der Waals surface area contributed by atoms with E-state index in [9.17, 15) is 19.2 Å². The van der Waals surface area contributed by atoms with Gasteiger partial charge in [0.2, 0.25) is 0 Å². The fraction of sp³-hybridized carbons (Fsp3) is 0.360. The second kappa shape index (κ2) is 9.77. The summed E-state index contributed by atoms with van der Waals surface area (Å²) in [5.74, 6) is -1.81. The summed E-state index contributed by atoms with van der Waals surface area (Å²) >= 11 is 0. The highest BCUT2D eigenvalue weighted by Gasteiger charge is 2.36. The number of fused-ring (bicyclic) bond motifs is 1. The van der Waals surface area contributed by atoms with Gasteiger partial charge in [0.1, 0.15) is 0 Å². The Kier molecular flexibility index (Phi) is 7.08. The van der Waals surface area contributed by atoms with Crippen LogP contribution in [0.3, 0.4) is 0 Å². The lowest BCUT2D eigenvalue weighted by molar-refractivity contribution is -0.138. The molecule has 0 aromatic heterocycles. The van der Waals surface area contributed by atoms with Gasteiger partial charge in [-0.15, -0.1) is 0 Å². The number of carbonyl (C=O) groups excluding carboxylic acids is 4. The largest absolute Gasteiger partial charge is 0.452 e. The maximum Gasteiger partial charge on any atom is 0.338 e. The Morgan fingerprint density at radius 3 is 2.16 bits per heavy atom. The fourth-order valence-electron chi connectivity index (χ4n) is 3.96.